The van der Waals surface area contributed by atoms with Gasteiger partial charge in [0.25, 0.3) is 0 Å². The first kappa shape index (κ1) is 13.1. The number of nitrogens with one attached hydrogen (secondary N) is 1. The van der Waals surface area contributed by atoms with Crippen LogP contribution in [-0.2, 0) is 6.42 Å². The van der Waals surface area contributed by atoms with E-state index in [-0.39, 0.29) is 0 Å². The van der Waals surface area contributed by atoms with Crippen LogP contribution in [0.25, 0.3) is 11.0 Å². The molecule has 2 rings (SSSR count). The van der Waals surface area contributed by atoms with Crippen molar-refractivity contribution in [1.29, 1.82) is 0 Å². The lowest BCUT2D eigenvalue weighted by molar-refractivity contribution is 0.304. The van der Waals surface area contributed by atoms with Crippen LogP contribution in [0.2, 0.25) is 0 Å². The van der Waals surface area contributed by atoms with Crippen LogP contribution in [0, 0.1) is 18.3 Å². The lowest BCUT2D eigenvalue weighted by atomic mass is 9.84. The first-order valence-corrected chi connectivity index (χ1v) is 6.79. The average Bonchev–Trinajstić information content (AvgIpc) is 2.58. The predicted molar refractivity (Wildman–Crippen MR) is 77.8 cm³/mol. The highest BCUT2D eigenvalue weighted by atomic mass is 14.9. The Morgan fingerprint density at radius 2 is 2.00 bits per heavy atom. The summed E-state index contributed by atoms with van der Waals surface area (Å²) in [5.74, 6) is 1.78. The van der Waals surface area contributed by atoms with Crippen LogP contribution in [0.5, 0.6) is 0 Å². The predicted octanol–water partition coefficient (Wildman–Crippen LogP) is 4.49. The second-order valence-electron chi connectivity index (χ2n) is 6.73. The molecule has 1 heterocycles. The summed E-state index contributed by atoms with van der Waals surface area (Å²) in [5, 5.41) is 0. The summed E-state index contributed by atoms with van der Waals surface area (Å²) in [4.78, 5) is 8.17. The van der Waals surface area contributed by atoms with Gasteiger partial charge in [0.15, 0.2) is 0 Å². The summed E-state index contributed by atoms with van der Waals surface area (Å²) >= 11 is 0. The number of H-pyrrole nitrogens is 1. The van der Waals surface area contributed by atoms with Gasteiger partial charge in [-0.05, 0) is 36.3 Å². The molecule has 0 saturated carbocycles. The zero-order valence-corrected chi connectivity index (χ0v) is 12.2. The van der Waals surface area contributed by atoms with Gasteiger partial charge in [-0.2, -0.15) is 0 Å². The highest BCUT2D eigenvalue weighted by Gasteiger charge is 2.17. The van der Waals surface area contributed by atoms with Crippen LogP contribution in [0.1, 0.15) is 45.5 Å². The minimum absolute atomic E-state index is 0.390. The molecule has 2 nitrogen and oxygen atoms in total. The number of nitrogens with zero attached hydrogens (tertiary/aromatic N) is 1. The molecule has 2 heteroatoms. The van der Waals surface area contributed by atoms with E-state index in [9.17, 15) is 0 Å². The Kier molecular flexibility index (Phi) is 3.47. The van der Waals surface area contributed by atoms with E-state index in [0.29, 0.717) is 11.3 Å². The van der Waals surface area contributed by atoms with Crippen molar-refractivity contribution in [2.75, 3.05) is 0 Å². The number of fused-ring (bicyclic) bond motifs is 1. The zero-order valence-electron chi connectivity index (χ0n) is 12.2. The molecule has 2 aromatic rings. The number of rotatable bonds is 3. The summed E-state index contributed by atoms with van der Waals surface area (Å²) < 4.78 is 0. The van der Waals surface area contributed by atoms with E-state index in [4.69, 9.17) is 4.98 Å². The number of aryl methyl sites for hydroxylation is 1. The topological polar surface area (TPSA) is 28.7 Å². The molecule has 98 valence electrons. The standard InChI is InChI=1S/C16H24N2/c1-11(10-16(3,4)5)9-14-17-13-8-6-7-12(2)15(13)18-14/h6-8,11H,9-10H2,1-5H3,(H,17,18). The molecular weight excluding hydrogens is 220 g/mol. The van der Waals surface area contributed by atoms with Crippen LogP contribution >= 0.6 is 0 Å². The molecular formula is C16H24N2. The van der Waals surface area contributed by atoms with Crippen molar-refractivity contribution in [2.45, 2.75) is 47.5 Å². The van der Waals surface area contributed by atoms with Crippen LogP contribution in [0.3, 0.4) is 0 Å². The molecule has 1 N–H and O–H groups in total. The summed E-state index contributed by atoms with van der Waals surface area (Å²) in [5.41, 5.74) is 3.92. The molecule has 0 spiro atoms. The molecule has 1 aromatic carbocycles. The van der Waals surface area contributed by atoms with Gasteiger partial charge in [-0.3, -0.25) is 0 Å². The molecule has 0 fully saturated rings. The Labute approximate surface area is 110 Å². The van der Waals surface area contributed by atoms with Crippen molar-refractivity contribution in [3.8, 4) is 0 Å². The van der Waals surface area contributed by atoms with Gasteiger partial charge >= 0.3 is 0 Å². The van der Waals surface area contributed by atoms with Crippen LogP contribution in [0.4, 0.5) is 0 Å². The average molecular weight is 244 g/mol. The van der Waals surface area contributed by atoms with E-state index in [0.717, 1.165) is 23.3 Å². The minimum atomic E-state index is 0.390. The number of hydrogen-bond acceptors (Lipinski definition) is 1. The molecule has 0 aliphatic rings. The third-order valence-electron chi connectivity index (χ3n) is 3.27. The van der Waals surface area contributed by atoms with Gasteiger partial charge < -0.3 is 4.98 Å². The van der Waals surface area contributed by atoms with Gasteiger partial charge in [-0.1, -0.05) is 39.8 Å². The number of para-hydroxylation sites is 1. The van der Waals surface area contributed by atoms with E-state index >= 15 is 0 Å². The summed E-state index contributed by atoms with van der Waals surface area (Å²) in [6, 6.07) is 6.30. The molecule has 1 unspecified atom stereocenters. The number of aromatic amines is 1. The fourth-order valence-electron chi connectivity index (χ4n) is 2.77. The van der Waals surface area contributed by atoms with E-state index in [2.05, 4.69) is 57.8 Å². The molecule has 0 aliphatic heterocycles. The lowest BCUT2D eigenvalue weighted by Gasteiger charge is -2.22. The summed E-state index contributed by atoms with van der Waals surface area (Å²) in [6.07, 6.45) is 2.26. The maximum Gasteiger partial charge on any atom is 0.107 e. The van der Waals surface area contributed by atoms with Gasteiger partial charge in [0, 0.05) is 6.42 Å². The monoisotopic (exact) mass is 244 g/mol. The number of imidazole rings is 1. The second kappa shape index (κ2) is 4.75. The first-order chi connectivity index (χ1) is 8.35. The number of aromatic nitrogens is 2. The van der Waals surface area contributed by atoms with E-state index in [1.54, 1.807) is 0 Å². The van der Waals surface area contributed by atoms with Crippen molar-refractivity contribution >= 4 is 11.0 Å². The molecule has 0 aliphatic carbocycles. The van der Waals surface area contributed by atoms with E-state index in [1.807, 2.05) is 0 Å². The largest absolute Gasteiger partial charge is 0.342 e. The van der Waals surface area contributed by atoms with Gasteiger partial charge in [0.05, 0.1) is 11.0 Å². The van der Waals surface area contributed by atoms with Crippen molar-refractivity contribution in [1.82, 2.24) is 9.97 Å². The SMILES string of the molecule is Cc1cccc2[nH]c(CC(C)CC(C)(C)C)nc12. The molecule has 18 heavy (non-hydrogen) atoms. The highest BCUT2D eigenvalue weighted by molar-refractivity contribution is 5.78. The van der Waals surface area contributed by atoms with Crippen molar-refractivity contribution in [2.24, 2.45) is 11.3 Å². The summed E-state index contributed by atoms with van der Waals surface area (Å²) in [7, 11) is 0. The van der Waals surface area contributed by atoms with Gasteiger partial charge in [0.2, 0.25) is 0 Å². The fraction of sp³-hybridized carbons (Fsp3) is 0.562. The third-order valence-corrected chi connectivity index (χ3v) is 3.27. The molecule has 0 amide bonds. The minimum Gasteiger partial charge on any atom is -0.342 e. The van der Waals surface area contributed by atoms with Crippen molar-refractivity contribution in [3.05, 3.63) is 29.6 Å². The quantitative estimate of drug-likeness (QED) is 0.847. The van der Waals surface area contributed by atoms with Crippen LogP contribution < -0.4 is 0 Å². The Hall–Kier alpha value is -1.31. The first-order valence-electron chi connectivity index (χ1n) is 6.79. The van der Waals surface area contributed by atoms with E-state index < -0.39 is 0 Å². The zero-order chi connectivity index (χ0) is 13.3. The maximum atomic E-state index is 4.73. The van der Waals surface area contributed by atoms with Gasteiger partial charge in [-0.25, -0.2) is 4.98 Å². The van der Waals surface area contributed by atoms with Gasteiger partial charge in [-0.15, -0.1) is 0 Å². The number of benzene rings is 1. The Morgan fingerprint density at radius 3 is 2.61 bits per heavy atom. The van der Waals surface area contributed by atoms with Crippen molar-refractivity contribution < 1.29 is 0 Å². The van der Waals surface area contributed by atoms with E-state index in [1.165, 1.54) is 12.0 Å². The molecule has 1 aromatic heterocycles. The van der Waals surface area contributed by atoms with Gasteiger partial charge in [0.1, 0.15) is 5.82 Å². The van der Waals surface area contributed by atoms with Crippen LogP contribution in [-0.4, -0.2) is 9.97 Å². The molecule has 0 saturated heterocycles. The Morgan fingerprint density at radius 1 is 1.28 bits per heavy atom. The molecule has 0 radical (unpaired) electrons. The third kappa shape index (κ3) is 3.12. The second-order valence-corrected chi connectivity index (χ2v) is 6.73. The Bertz CT molecular complexity index is 532. The highest BCUT2D eigenvalue weighted by Crippen LogP contribution is 2.26. The maximum absolute atomic E-state index is 4.73. The molecule has 1 atom stereocenters. The molecule has 0 bridgehead atoms. The Balaban J connectivity index is 2.15. The lowest BCUT2D eigenvalue weighted by Crippen LogP contribution is -2.13. The smallest absolute Gasteiger partial charge is 0.107 e. The normalized spacial score (nSPS) is 14.1. The van der Waals surface area contributed by atoms with Crippen molar-refractivity contribution in [3.63, 3.8) is 0 Å². The van der Waals surface area contributed by atoms with Crippen LogP contribution in [0.15, 0.2) is 18.2 Å². The summed E-state index contributed by atoms with van der Waals surface area (Å²) in [6.45, 7) is 11.3. The fourth-order valence-corrected chi connectivity index (χ4v) is 2.77. The number of hydrogen-bond donors (Lipinski definition) is 1.